The Kier molecular flexibility index (Phi) is 4.85. The maximum absolute atomic E-state index is 11.9. The third kappa shape index (κ3) is 4.03. The molecule has 1 heterocycles. The number of carbonyl (C=O) groups is 1. The first-order chi connectivity index (χ1) is 9.27. The summed E-state index contributed by atoms with van der Waals surface area (Å²) in [6.45, 7) is 1.07. The maximum atomic E-state index is 11.9. The van der Waals surface area contributed by atoms with Crippen LogP contribution in [0, 0.1) is 0 Å². The monoisotopic (exact) mass is 320 g/mol. The molecule has 0 fully saturated rings. The molecule has 0 spiro atoms. The van der Waals surface area contributed by atoms with Gasteiger partial charge in [0.25, 0.3) is 5.91 Å². The summed E-state index contributed by atoms with van der Waals surface area (Å²) >= 11 is 3.35. The number of amides is 1. The van der Waals surface area contributed by atoms with E-state index in [0.29, 0.717) is 24.6 Å². The minimum Gasteiger partial charge on any atom is -0.352 e. The number of benzene rings is 1. The highest BCUT2D eigenvalue weighted by atomic mass is 79.9. The van der Waals surface area contributed by atoms with Gasteiger partial charge in [0, 0.05) is 30.0 Å². The molecule has 19 heavy (non-hydrogen) atoms. The molecule has 0 radical (unpaired) electrons. The molecule has 0 saturated carbocycles. The van der Waals surface area contributed by atoms with Crippen molar-refractivity contribution in [2.45, 2.75) is 0 Å². The number of anilines is 1. The van der Waals surface area contributed by atoms with E-state index in [1.165, 1.54) is 0 Å². The lowest BCUT2D eigenvalue weighted by molar-refractivity contribution is 0.0954. The van der Waals surface area contributed by atoms with Crippen LogP contribution >= 0.6 is 15.9 Å². The molecular formula is C13H13BrN4O. The highest BCUT2D eigenvalue weighted by Gasteiger charge is 2.07. The minimum atomic E-state index is -0.108. The van der Waals surface area contributed by atoms with Gasteiger partial charge in [0.15, 0.2) is 0 Å². The largest absolute Gasteiger partial charge is 0.352 e. The topological polar surface area (TPSA) is 66.9 Å². The Labute approximate surface area is 119 Å². The van der Waals surface area contributed by atoms with Crippen LogP contribution in [0.25, 0.3) is 0 Å². The second-order valence-corrected chi connectivity index (χ2v) is 4.59. The summed E-state index contributed by atoms with van der Waals surface area (Å²) in [4.78, 5) is 19.9. The summed E-state index contributed by atoms with van der Waals surface area (Å²) in [7, 11) is 0. The fraction of sp³-hybridized carbons (Fsp3) is 0.154. The van der Waals surface area contributed by atoms with Crippen molar-refractivity contribution in [2.24, 2.45) is 0 Å². The number of aromatic nitrogens is 2. The van der Waals surface area contributed by atoms with E-state index in [-0.39, 0.29) is 5.91 Å². The first-order valence-corrected chi connectivity index (χ1v) is 6.60. The van der Waals surface area contributed by atoms with Crippen molar-refractivity contribution in [3.05, 3.63) is 52.8 Å². The molecule has 2 aromatic rings. The molecule has 2 rings (SSSR count). The van der Waals surface area contributed by atoms with Crippen LogP contribution < -0.4 is 10.6 Å². The number of halogens is 1. The normalized spacial score (nSPS) is 9.95. The lowest BCUT2D eigenvalue weighted by Crippen LogP contribution is -2.29. The van der Waals surface area contributed by atoms with Crippen molar-refractivity contribution < 1.29 is 4.79 Å². The average Bonchev–Trinajstić information content (AvgIpc) is 2.45. The highest BCUT2D eigenvalue weighted by Crippen LogP contribution is 2.15. The summed E-state index contributed by atoms with van der Waals surface area (Å²) in [6, 6.07) is 9.06. The van der Waals surface area contributed by atoms with Crippen LogP contribution in [0.1, 0.15) is 10.4 Å². The third-order valence-corrected chi connectivity index (χ3v) is 3.07. The van der Waals surface area contributed by atoms with Crippen LogP contribution in [0.2, 0.25) is 0 Å². The summed E-state index contributed by atoms with van der Waals surface area (Å²) in [5, 5.41) is 5.84. The van der Waals surface area contributed by atoms with E-state index in [1.807, 2.05) is 18.2 Å². The third-order valence-electron chi connectivity index (χ3n) is 2.38. The molecule has 1 amide bonds. The van der Waals surface area contributed by atoms with Crippen molar-refractivity contribution >= 4 is 27.8 Å². The molecule has 0 saturated heterocycles. The smallest absolute Gasteiger partial charge is 0.252 e. The second kappa shape index (κ2) is 6.84. The predicted octanol–water partition coefficient (Wildman–Crippen LogP) is 2.08. The van der Waals surface area contributed by atoms with Crippen LogP contribution in [0.3, 0.4) is 0 Å². The number of hydrogen-bond acceptors (Lipinski definition) is 4. The van der Waals surface area contributed by atoms with Gasteiger partial charge in [-0.05, 0) is 34.1 Å². The standard InChI is InChI=1S/C13H13BrN4O/c14-11-5-2-1-4-10(11)12(19)15-8-9-18-13-16-6-3-7-17-13/h1-7H,8-9H2,(H,15,19)(H,16,17,18). The molecule has 1 aromatic heterocycles. The Morgan fingerprint density at radius 1 is 1.11 bits per heavy atom. The molecule has 2 N–H and O–H groups in total. The van der Waals surface area contributed by atoms with E-state index in [2.05, 4.69) is 36.5 Å². The quantitative estimate of drug-likeness (QED) is 0.828. The lowest BCUT2D eigenvalue weighted by atomic mass is 10.2. The number of nitrogens with one attached hydrogen (secondary N) is 2. The summed E-state index contributed by atoms with van der Waals surface area (Å²) < 4.78 is 0.784. The molecule has 0 bridgehead atoms. The molecule has 98 valence electrons. The molecule has 0 aliphatic carbocycles. The fourth-order valence-electron chi connectivity index (χ4n) is 1.48. The van der Waals surface area contributed by atoms with E-state index in [4.69, 9.17) is 0 Å². The molecule has 0 atom stereocenters. The van der Waals surface area contributed by atoms with E-state index >= 15 is 0 Å². The zero-order chi connectivity index (χ0) is 13.5. The number of hydrogen-bond donors (Lipinski definition) is 2. The van der Waals surface area contributed by atoms with Crippen LogP contribution in [0.5, 0.6) is 0 Å². The van der Waals surface area contributed by atoms with Crippen molar-refractivity contribution in [1.29, 1.82) is 0 Å². The van der Waals surface area contributed by atoms with Gasteiger partial charge in [-0.3, -0.25) is 4.79 Å². The van der Waals surface area contributed by atoms with E-state index < -0.39 is 0 Å². The second-order valence-electron chi connectivity index (χ2n) is 3.73. The maximum Gasteiger partial charge on any atom is 0.252 e. The predicted molar refractivity (Wildman–Crippen MR) is 77.0 cm³/mol. The molecular weight excluding hydrogens is 308 g/mol. The zero-order valence-corrected chi connectivity index (χ0v) is 11.7. The molecule has 0 aliphatic rings. The Balaban J connectivity index is 1.77. The lowest BCUT2D eigenvalue weighted by Gasteiger charge is -2.07. The highest BCUT2D eigenvalue weighted by molar-refractivity contribution is 9.10. The van der Waals surface area contributed by atoms with E-state index in [9.17, 15) is 4.79 Å². The summed E-state index contributed by atoms with van der Waals surface area (Å²) in [6.07, 6.45) is 3.32. The van der Waals surface area contributed by atoms with Gasteiger partial charge in [-0.1, -0.05) is 12.1 Å². The average molecular weight is 321 g/mol. The van der Waals surface area contributed by atoms with Gasteiger partial charge in [-0.25, -0.2) is 9.97 Å². The van der Waals surface area contributed by atoms with Gasteiger partial charge in [0.05, 0.1) is 5.56 Å². The molecule has 6 heteroatoms. The van der Waals surface area contributed by atoms with Gasteiger partial charge in [-0.2, -0.15) is 0 Å². The number of rotatable bonds is 5. The van der Waals surface area contributed by atoms with Crippen LogP contribution in [-0.2, 0) is 0 Å². The summed E-state index contributed by atoms with van der Waals surface area (Å²) in [5.74, 6) is 0.445. The van der Waals surface area contributed by atoms with Gasteiger partial charge in [0.2, 0.25) is 5.95 Å². The van der Waals surface area contributed by atoms with Crippen molar-refractivity contribution in [3.8, 4) is 0 Å². The van der Waals surface area contributed by atoms with E-state index in [1.54, 1.807) is 24.5 Å². The molecule has 1 aromatic carbocycles. The Morgan fingerprint density at radius 2 is 1.84 bits per heavy atom. The molecule has 0 unspecified atom stereocenters. The van der Waals surface area contributed by atoms with Gasteiger partial charge in [0.1, 0.15) is 0 Å². The zero-order valence-electron chi connectivity index (χ0n) is 10.1. The van der Waals surface area contributed by atoms with Gasteiger partial charge < -0.3 is 10.6 Å². The van der Waals surface area contributed by atoms with Crippen molar-refractivity contribution in [1.82, 2.24) is 15.3 Å². The Hall–Kier alpha value is -1.95. The van der Waals surface area contributed by atoms with Gasteiger partial charge in [-0.15, -0.1) is 0 Å². The Bertz CT molecular complexity index is 547. The SMILES string of the molecule is O=C(NCCNc1ncccn1)c1ccccc1Br. The van der Waals surface area contributed by atoms with Gasteiger partial charge >= 0.3 is 0 Å². The molecule has 5 nitrogen and oxygen atoms in total. The van der Waals surface area contributed by atoms with Crippen LogP contribution in [0.4, 0.5) is 5.95 Å². The van der Waals surface area contributed by atoms with E-state index in [0.717, 1.165) is 4.47 Å². The van der Waals surface area contributed by atoms with Crippen molar-refractivity contribution in [3.63, 3.8) is 0 Å². The van der Waals surface area contributed by atoms with Crippen molar-refractivity contribution in [2.75, 3.05) is 18.4 Å². The minimum absolute atomic E-state index is 0.108. The summed E-state index contributed by atoms with van der Waals surface area (Å²) in [5.41, 5.74) is 0.624. The Morgan fingerprint density at radius 3 is 2.58 bits per heavy atom. The van der Waals surface area contributed by atoms with Crippen LogP contribution in [-0.4, -0.2) is 29.0 Å². The number of nitrogens with zero attached hydrogens (tertiary/aromatic N) is 2. The number of carbonyl (C=O) groups excluding carboxylic acids is 1. The molecule has 0 aliphatic heterocycles. The first kappa shape index (κ1) is 13.5. The first-order valence-electron chi connectivity index (χ1n) is 5.81. The fourth-order valence-corrected chi connectivity index (χ4v) is 1.95. The van der Waals surface area contributed by atoms with Crippen LogP contribution in [0.15, 0.2) is 47.2 Å².